The van der Waals surface area contributed by atoms with Crippen molar-refractivity contribution >= 4 is 28.6 Å². The van der Waals surface area contributed by atoms with Crippen molar-refractivity contribution in [2.75, 3.05) is 50.4 Å². The lowest BCUT2D eigenvalue weighted by Crippen LogP contribution is -2.45. The molecule has 174 valence electrons. The Hall–Kier alpha value is -3.19. The number of nitrogens with two attached hydrogens (primary N) is 1. The summed E-state index contributed by atoms with van der Waals surface area (Å²) in [4.78, 5) is 26.2. The van der Waals surface area contributed by atoms with E-state index in [0.717, 1.165) is 50.2 Å². The van der Waals surface area contributed by atoms with Crippen LogP contribution in [0.3, 0.4) is 0 Å². The Morgan fingerprint density at radius 3 is 2.42 bits per heavy atom. The standard InChI is InChI=1S/C26H34N6O/c1-18(2)16-20-6-4-19(5-7-20)10-11-28-25(33)21-8-9-22-23(17-21)29-26(27)30-24(22)32-14-12-31(3)13-15-32/h4-9,17-18H,10-16H2,1-3H3,(H,28,33)(H2,27,29,30). The van der Waals surface area contributed by atoms with Gasteiger partial charge in [-0.3, -0.25) is 4.79 Å². The van der Waals surface area contributed by atoms with E-state index >= 15 is 0 Å². The molecule has 1 fully saturated rings. The van der Waals surface area contributed by atoms with Crippen LogP contribution in [0.15, 0.2) is 42.5 Å². The number of hydrogen-bond acceptors (Lipinski definition) is 6. The number of amides is 1. The summed E-state index contributed by atoms with van der Waals surface area (Å²) in [6.07, 6.45) is 1.88. The van der Waals surface area contributed by atoms with Crippen molar-refractivity contribution < 1.29 is 4.79 Å². The highest BCUT2D eigenvalue weighted by molar-refractivity contribution is 6.00. The summed E-state index contributed by atoms with van der Waals surface area (Å²) in [5.74, 6) is 1.62. The zero-order valence-electron chi connectivity index (χ0n) is 19.8. The molecule has 7 heteroatoms. The largest absolute Gasteiger partial charge is 0.368 e. The maximum Gasteiger partial charge on any atom is 0.251 e. The molecule has 0 bridgehead atoms. The second kappa shape index (κ2) is 10.2. The molecule has 2 aromatic carbocycles. The average molecular weight is 447 g/mol. The van der Waals surface area contributed by atoms with E-state index < -0.39 is 0 Å². The highest BCUT2D eigenvalue weighted by atomic mass is 16.1. The number of nitrogens with one attached hydrogen (secondary N) is 1. The van der Waals surface area contributed by atoms with E-state index in [2.05, 4.69) is 70.2 Å². The van der Waals surface area contributed by atoms with Gasteiger partial charge in [0.25, 0.3) is 5.91 Å². The molecule has 33 heavy (non-hydrogen) atoms. The van der Waals surface area contributed by atoms with Crippen LogP contribution in [0.25, 0.3) is 10.9 Å². The number of aromatic nitrogens is 2. The van der Waals surface area contributed by atoms with Crippen LogP contribution in [-0.4, -0.2) is 60.5 Å². The van der Waals surface area contributed by atoms with Gasteiger partial charge in [0.15, 0.2) is 0 Å². The van der Waals surface area contributed by atoms with Gasteiger partial charge in [-0.25, -0.2) is 4.98 Å². The van der Waals surface area contributed by atoms with Gasteiger partial charge in [-0.2, -0.15) is 4.98 Å². The van der Waals surface area contributed by atoms with Gasteiger partial charge in [-0.1, -0.05) is 38.1 Å². The number of likely N-dealkylation sites (N-methyl/N-ethyl adjacent to an activating group) is 1. The molecule has 0 aliphatic carbocycles. The molecule has 0 atom stereocenters. The van der Waals surface area contributed by atoms with Crippen LogP contribution in [0.4, 0.5) is 11.8 Å². The Kier molecular flexibility index (Phi) is 7.08. The van der Waals surface area contributed by atoms with Crippen LogP contribution in [0.1, 0.15) is 35.3 Å². The fraction of sp³-hybridized carbons (Fsp3) is 0.423. The molecule has 1 amide bonds. The van der Waals surface area contributed by atoms with E-state index in [-0.39, 0.29) is 11.9 Å². The summed E-state index contributed by atoms with van der Waals surface area (Å²) in [7, 11) is 2.12. The SMILES string of the molecule is CC(C)Cc1ccc(CCNC(=O)c2ccc3c(N4CCN(C)CC4)nc(N)nc3c2)cc1. The van der Waals surface area contributed by atoms with Gasteiger partial charge < -0.3 is 20.9 Å². The summed E-state index contributed by atoms with van der Waals surface area (Å²) in [6, 6.07) is 14.3. The Morgan fingerprint density at radius 2 is 1.73 bits per heavy atom. The van der Waals surface area contributed by atoms with Crippen molar-refractivity contribution in [3.05, 3.63) is 59.2 Å². The van der Waals surface area contributed by atoms with Crippen molar-refractivity contribution in [1.82, 2.24) is 20.2 Å². The number of hydrogen-bond donors (Lipinski definition) is 2. The van der Waals surface area contributed by atoms with Crippen LogP contribution >= 0.6 is 0 Å². The Morgan fingerprint density at radius 1 is 1.03 bits per heavy atom. The maximum atomic E-state index is 12.8. The van der Waals surface area contributed by atoms with Crippen molar-refractivity contribution in [1.29, 1.82) is 0 Å². The number of anilines is 2. The number of carbonyl (C=O) groups is 1. The average Bonchev–Trinajstić information content (AvgIpc) is 2.79. The first-order valence-electron chi connectivity index (χ1n) is 11.8. The van der Waals surface area contributed by atoms with Crippen LogP contribution in [-0.2, 0) is 12.8 Å². The lowest BCUT2D eigenvalue weighted by molar-refractivity contribution is 0.0954. The van der Waals surface area contributed by atoms with Gasteiger partial charge in [-0.05, 0) is 55.1 Å². The molecule has 0 unspecified atom stereocenters. The third-order valence-electron chi connectivity index (χ3n) is 6.13. The molecule has 7 nitrogen and oxygen atoms in total. The molecular formula is C26H34N6O. The molecule has 2 heterocycles. The van der Waals surface area contributed by atoms with Crippen LogP contribution in [0, 0.1) is 5.92 Å². The molecular weight excluding hydrogens is 412 g/mol. The van der Waals surface area contributed by atoms with E-state index in [4.69, 9.17) is 5.73 Å². The van der Waals surface area contributed by atoms with Crippen molar-refractivity contribution in [2.24, 2.45) is 5.92 Å². The first-order chi connectivity index (χ1) is 15.9. The van der Waals surface area contributed by atoms with E-state index in [1.807, 2.05) is 18.2 Å². The molecule has 4 rings (SSSR count). The van der Waals surface area contributed by atoms with Crippen molar-refractivity contribution in [3.63, 3.8) is 0 Å². The highest BCUT2D eigenvalue weighted by Crippen LogP contribution is 2.26. The summed E-state index contributed by atoms with van der Waals surface area (Å²) < 4.78 is 0. The zero-order chi connectivity index (χ0) is 23.4. The molecule has 3 aromatic rings. The summed E-state index contributed by atoms with van der Waals surface area (Å²) >= 11 is 0. The van der Waals surface area contributed by atoms with E-state index in [1.54, 1.807) is 0 Å². The Balaban J connectivity index is 1.41. The lowest BCUT2D eigenvalue weighted by atomic mass is 10.0. The third kappa shape index (κ3) is 5.79. The topological polar surface area (TPSA) is 87.4 Å². The van der Waals surface area contributed by atoms with Gasteiger partial charge in [0.2, 0.25) is 5.95 Å². The number of carbonyl (C=O) groups excluding carboxylic acids is 1. The lowest BCUT2D eigenvalue weighted by Gasteiger charge is -2.33. The molecule has 0 spiro atoms. The number of rotatable bonds is 7. The molecule has 0 radical (unpaired) electrons. The highest BCUT2D eigenvalue weighted by Gasteiger charge is 2.19. The first-order valence-corrected chi connectivity index (χ1v) is 11.8. The first kappa shape index (κ1) is 23.0. The summed E-state index contributed by atoms with van der Waals surface area (Å²) in [5, 5.41) is 3.95. The minimum Gasteiger partial charge on any atom is -0.368 e. The van der Waals surface area contributed by atoms with Gasteiger partial charge in [-0.15, -0.1) is 0 Å². The minimum absolute atomic E-state index is 0.105. The van der Waals surface area contributed by atoms with E-state index in [9.17, 15) is 4.79 Å². The molecule has 0 saturated carbocycles. The van der Waals surface area contributed by atoms with Gasteiger partial charge in [0, 0.05) is 43.7 Å². The molecule has 1 aromatic heterocycles. The smallest absolute Gasteiger partial charge is 0.251 e. The number of nitrogen functional groups attached to an aromatic ring is 1. The predicted molar refractivity (Wildman–Crippen MR) is 135 cm³/mol. The molecule has 1 aliphatic heterocycles. The third-order valence-corrected chi connectivity index (χ3v) is 6.13. The monoisotopic (exact) mass is 446 g/mol. The van der Waals surface area contributed by atoms with Gasteiger partial charge >= 0.3 is 0 Å². The van der Waals surface area contributed by atoms with Crippen LogP contribution in [0.2, 0.25) is 0 Å². The zero-order valence-corrected chi connectivity index (χ0v) is 19.8. The minimum atomic E-state index is -0.105. The molecule has 1 aliphatic rings. The fourth-order valence-corrected chi connectivity index (χ4v) is 4.27. The van der Waals surface area contributed by atoms with Gasteiger partial charge in [0.1, 0.15) is 5.82 Å². The van der Waals surface area contributed by atoms with Crippen molar-refractivity contribution in [2.45, 2.75) is 26.7 Å². The second-order valence-electron chi connectivity index (χ2n) is 9.35. The molecule has 1 saturated heterocycles. The van der Waals surface area contributed by atoms with Crippen LogP contribution in [0.5, 0.6) is 0 Å². The number of nitrogens with zero attached hydrogens (tertiary/aromatic N) is 4. The molecule has 3 N–H and O–H groups in total. The second-order valence-corrected chi connectivity index (χ2v) is 9.35. The van der Waals surface area contributed by atoms with E-state index in [1.165, 1.54) is 11.1 Å². The summed E-state index contributed by atoms with van der Waals surface area (Å²) in [5.41, 5.74) is 9.86. The quantitative estimate of drug-likeness (QED) is 0.580. The van der Waals surface area contributed by atoms with Crippen molar-refractivity contribution in [3.8, 4) is 0 Å². The van der Waals surface area contributed by atoms with Crippen LogP contribution < -0.4 is 16.0 Å². The predicted octanol–water partition coefficient (Wildman–Crippen LogP) is 3.13. The number of piperazine rings is 1. The fourth-order valence-electron chi connectivity index (χ4n) is 4.27. The van der Waals surface area contributed by atoms with E-state index in [0.29, 0.717) is 23.5 Å². The van der Waals surface area contributed by atoms with Gasteiger partial charge in [0.05, 0.1) is 5.52 Å². The number of fused-ring (bicyclic) bond motifs is 1. The maximum absolute atomic E-state index is 12.8. The Bertz CT molecular complexity index is 1100. The Labute approximate surface area is 196 Å². The number of benzene rings is 2. The normalized spacial score (nSPS) is 14.7. The summed E-state index contributed by atoms with van der Waals surface area (Å²) in [6.45, 7) is 8.77.